The van der Waals surface area contributed by atoms with E-state index in [9.17, 15) is 0 Å². The van der Waals surface area contributed by atoms with Crippen molar-refractivity contribution in [2.45, 2.75) is 6.92 Å². The van der Waals surface area contributed by atoms with Gasteiger partial charge < -0.3 is 4.57 Å². The molecule has 0 aliphatic heterocycles. The smallest absolute Gasteiger partial charge is 0.0548 e. The third-order valence-electron chi connectivity index (χ3n) is 5.44. The largest absolute Gasteiger partial charge is 0.309 e. The third-order valence-corrected chi connectivity index (χ3v) is 6.58. The highest BCUT2D eigenvalue weighted by atomic mass is 32.1. The molecule has 0 fully saturated rings. The van der Waals surface area contributed by atoms with Crippen LogP contribution in [0.1, 0.15) is 5.56 Å². The molecule has 0 unspecified atom stereocenters. The Morgan fingerprint density at radius 1 is 0.630 bits per heavy atom. The van der Waals surface area contributed by atoms with Crippen LogP contribution in [0.2, 0.25) is 0 Å². The number of benzene rings is 4. The van der Waals surface area contributed by atoms with Gasteiger partial charge in [0, 0.05) is 36.6 Å². The van der Waals surface area contributed by atoms with Crippen molar-refractivity contribution in [1.29, 1.82) is 0 Å². The molecule has 4 aromatic carbocycles. The predicted molar refractivity (Wildman–Crippen MR) is 118 cm³/mol. The van der Waals surface area contributed by atoms with E-state index in [4.69, 9.17) is 0 Å². The second-order valence-electron chi connectivity index (χ2n) is 7.12. The molecule has 0 bridgehead atoms. The van der Waals surface area contributed by atoms with E-state index in [0.717, 1.165) is 0 Å². The van der Waals surface area contributed by atoms with Crippen LogP contribution in [0.4, 0.5) is 0 Å². The van der Waals surface area contributed by atoms with E-state index in [0.29, 0.717) is 0 Å². The number of thiophene rings is 1. The van der Waals surface area contributed by atoms with Crippen molar-refractivity contribution in [3.8, 4) is 5.69 Å². The molecular weight excluding hydrogens is 346 g/mol. The van der Waals surface area contributed by atoms with Crippen molar-refractivity contribution in [3.63, 3.8) is 0 Å². The molecule has 0 spiro atoms. The highest BCUT2D eigenvalue weighted by Gasteiger charge is 2.17. The van der Waals surface area contributed by atoms with Crippen molar-refractivity contribution in [2.75, 3.05) is 0 Å². The quantitative estimate of drug-likeness (QED) is 0.286. The molecule has 6 aromatic rings. The van der Waals surface area contributed by atoms with Gasteiger partial charge >= 0.3 is 0 Å². The van der Waals surface area contributed by atoms with E-state index in [2.05, 4.69) is 96.4 Å². The average Bonchev–Trinajstić information content (AvgIpc) is 3.23. The maximum Gasteiger partial charge on any atom is 0.0548 e. The molecule has 1 nitrogen and oxygen atoms in total. The van der Waals surface area contributed by atoms with Crippen LogP contribution >= 0.6 is 11.3 Å². The number of nitrogens with zero attached hydrogens (tertiary/aromatic N) is 1. The average molecular weight is 363 g/mol. The summed E-state index contributed by atoms with van der Waals surface area (Å²) in [6, 6.07) is 30.8. The third kappa shape index (κ3) is 2.05. The summed E-state index contributed by atoms with van der Waals surface area (Å²) in [5.74, 6) is 0. The van der Waals surface area contributed by atoms with Gasteiger partial charge in [0.15, 0.2) is 0 Å². The lowest BCUT2D eigenvalue weighted by molar-refractivity contribution is 1.18. The Kier molecular flexibility index (Phi) is 3.03. The van der Waals surface area contributed by atoms with Crippen LogP contribution < -0.4 is 0 Å². The van der Waals surface area contributed by atoms with Crippen molar-refractivity contribution in [3.05, 3.63) is 90.5 Å². The normalized spacial score (nSPS) is 11.9. The molecule has 0 amide bonds. The highest BCUT2D eigenvalue weighted by Crippen LogP contribution is 2.43. The zero-order valence-corrected chi connectivity index (χ0v) is 15.8. The zero-order valence-electron chi connectivity index (χ0n) is 14.9. The topological polar surface area (TPSA) is 4.93 Å². The number of aryl methyl sites for hydroxylation is 1. The molecule has 0 N–H and O–H groups in total. The van der Waals surface area contributed by atoms with Gasteiger partial charge in [-0.3, -0.25) is 0 Å². The molecule has 0 saturated carbocycles. The molecule has 0 aliphatic carbocycles. The van der Waals surface area contributed by atoms with Gasteiger partial charge in [-0.1, -0.05) is 48.0 Å². The van der Waals surface area contributed by atoms with Gasteiger partial charge in [-0.15, -0.1) is 11.3 Å². The molecule has 0 atom stereocenters. The lowest BCUT2D eigenvalue weighted by Gasteiger charge is -2.07. The summed E-state index contributed by atoms with van der Waals surface area (Å²) in [6.07, 6.45) is 0. The minimum Gasteiger partial charge on any atom is -0.309 e. The van der Waals surface area contributed by atoms with Gasteiger partial charge in [0.1, 0.15) is 0 Å². The first-order valence-corrected chi connectivity index (χ1v) is 10.0. The van der Waals surface area contributed by atoms with Gasteiger partial charge in [-0.25, -0.2) is 0 Å². The summed E-state index contributed by atoms with van der Waals surface area (Å²) < 4.78 is 5.11. The second kappa shape index (κ2) is 5.45. The number of fused-ring (bicyclic) bond motifs is 7. The Morgan fingerprint density at radius 3 is 2.30 bits per heavy atom. The van der Waals surface area contributed by atoms with E-state index in [1.807, 2.05) is 11.3 Å². The van der Waals surface area contributed by atoms with Crippen LogP contribution in [0.25, 0.3) is 47.7 Å². The Hall–Kier alpha value is -3.10. The summed E-state index contributed by atoms with van der Waals surface area (Å²) in [5, 5.41) is 5.45. The van der Waals surface area contributed by atoms with Gasteiger partial charge in [-0.2, -0.15) is 0 Å². The first kappa shape index (κ1) is 15.0. The summed E-state index contributed by atoms with van der Waals surface area (Å²) in [4.78, 5) is 0. The fourth-order valence-electron chi connectivity index (χ4n) is 4.30. The highest BCUT2D eigenvalue weighted by molar-refractivity contribution is 7.26. The first-order valence-electron chi connectivity index (χ1n) is 9.22. The summed E-state index contributed by atoms with van der Waals surface area (Å²) in [6.45, 7) is 2.18. The number of para-hydroxylation sites is 2. The summed E-state index contributed by atoms with van der Waals surface area (Å²) in [5.41, 5.74) is 5.05. The van der Waals surface area contributed by atoms with Crippen LogP contribution in [0.5, 0.6) is 0 Å². The molecule has 0 radical (unpaired) electrons. The molecular formula is C25H17NS. The summed E-state index contributed by atoms with van der Waals surface area (Å²) in [7, 11) is 0. The fourth-order valence-corrected chi connectivity index (χ4v) is 5.39. The maximum atomic E-state index is 2.39. The van der Waals surface area contributed by atoms with Crippen molar-refractivity contribution in [2.24, 2.45) is 0 Å². The second-order valence-corrected chi connectivity index (χ2v) is 8.21. The minimum atomic E-state index is 1.21. The minimum absolute atomic E-state index is 1.21. The van der Waals surface area contributed by atoms with Gasteiger partial charge in [0.05, 0.1) is 11.0 Å². The Morgan fingerprint density at radius 2 is 1.41 bits per heavy atom. The molecule has 0 aliphatic rings. The monoisotopic (exact) mass is 363 g/mol. The SMILES string of the molecule is Cc1ccc2sc3ccc4c(c5ccccc5n4-c4ccccc4)c3c2c1. The van der Waals surface area contributed by atoms with Gasteiger partial charge in [0.25, 0.3) is 0 Å². The number of hydrogen-bond acceptors (Lipinski definition) is 1. The lowest BCUT2D eigenvalue weighted by Crippen LogP contribution is -1.92. The van der Waals surface area contributed by atoms with E-state index < -0.39 is 0 Å². The Labute approximate surface area is 161 Å². The Bertz CT molecular complexity index is 1470. The first-order chi connectivity index (χ1) is 13.3. The Balaban J connectivity index is 1.91. The predicted octanol–water partition coefficient (Wildman–Crippen LogP) is 7.46. The lowest BCUT2D eigenvalue weighted by atomic mass is 10.0. The van der Waals surface area contributed by atoms with Crippen LogP contribution in [-0.4, -0.2) is 4.57 Å². The van der Waals surface area contributed by atoms with Crippen LogP contribution in [0.3, 0.4) is 0 Å². The molecule has 6 rings (SSSR count). The molecule has 2 heteroatoms. The maximum absolute atomic E-state index is 2.39. The van der Waals surface area contributed by atoms with E-state index in [1.54, 1.807) is 0 Å². The van der Waals surface area contributed by atoms with Gasteiger partial charge in [-0.05, 0) is 49.4 Å². The summed E-state index contributed by atoms with van der Waals surface area (Å²) >= 11 is 1.89. The molecule has 0 saturated heterocycles. The fraction of sp³-hybridized carbons (Fsp3) is 0.0400. The van der Waals surface area contributed by atoms with Crippen LogP contribution in [-0.2, 0) is 0 Å². The zero-order chi connectivity index (χ0) is 18.0. The van der Waals surface area contributed by atoms with Crippen LogP contribution in [0, 0.1) is 6.92 Å². The van der Waals surface area contributed by atoms with Crippen molar-refractivity contribution >= 4 is 53.3 Å². The van der Waals surface area contributed by atoms with Gasteiger partial charge in [0.2, 0.25) is 0 Å². The van der Waals surface area contributed by atoms with E-state index >= 15 is 0 Å². The standard InChI is InChI=1S/C25H17NS/c1-16-11-13-22-19(15-16)25-23(27-22)14-12-21-24(25)18-9-5-6-10-20(18)26(21)17-7-3-2-4-8-17/h2-15H,1H3. The molecule has 2 aromatic heterocycles. The van der Waals surface area contributed by atoms with Crippen LogP contribution in [0.15, 0.2) is 84.9 Å². The molecule has 128 valence electrons. The number of rotatable bonds is 1. The van der Waals surface area contributed by atoms with E-state index in [-0.39, 0.29) is 0 Å². The molecule has 27 heavy (non-hydrogen) atoms. The molecule has 2 heterocycles. The number of aromatic nitrogens is 1. The van der Waals surface area contributed by atoms with E-state index in [1.165, 1.54) is 53.2 Å². The number of hydrogen-bond donors (Lipinski definition) is 0. The van der Waals surface area contributed by atoms with Crippen molar-refractivity contribution in [1.82, 2.24) is 4.57 Å². The van der Waals surface area contributed by atoms with Crippen molar-refractivity contribution < 1.29 is 0 Å².